The number of hydrogen-bond acceptors (Lipinski definition) is 5. The molecule has 0 aliphatic carbocycles. The number of carbonyl (C=O) groups is 2. The quantitative estimate of drug-likeness (QED) is 0.633. The number of nitriles is 1. The molecule has 8 heteroatoms. The molecular formula is C17H15ClN4O2S. The van der Waals surface area contributed by atoms with Gasteiger partial charge in [0, 0.05) is 16.3 Å². The van der Waals surface area contributed by atoms with Gasteiger partial charge in [-0.1, -0.05) is 23.4 Å². The van der Waals surface area contributed by atoms with Crippen LogP contribution in [0.15, 0.2) is 35.4 Å². The van der Waals surface area contributed by atoms with E-state index in [1.165, 1.54) is 0 Å². The summed E-state index contributed by atoms with van der Waals surface area (Å²) in [5.74, 6) is -0.833. The summed E-state index contributed by atoms with van der Waals surface area (Å²) in [6, 6.07) is 10.2. The topological polar surface area (TPSA) is 94.9 Å². The smallest absolute Gasteiger partial charge is 0.269 e. The van der Waals surface area contributed by atoms with E-state index in [4.69, 9.17) is 11.6 Å². The van der Waals surface area contributed by atoms with Crippen LogP contribution < -0.4 is 10.9 Å². The Balaban J connectivity index is 1.90. The minimum Gasteiger partial charge on any atom is -0.272 e. The second-order valence-corrected chi connectivity index (χ2v) is 6.57. The molecule has 2 aromatic rings. The standard InChI is InChI=1S/C17H15ClN4O2S/c1-10-7-11(2)20-17(14(10)8-19)25-9-15(23)21-22-16(24)12-3-5-13(18)6-4-12/h3-7H,9H2,1-2H3,(H,21,23)(H,22,24). The molecule has 0 radical (unpaired) electrons. The predicted molar refractivity (Wildman–Crippen MR) is 96.2 cm³/mol. The van der Waals surface area contributed by atoms with Crippen LogP contribution in [0.2, 0.25) is 5.02 Å². The number of aromatic nitrogens is 1. The second kappa shape index (κ2) is 8.51. The van der Waals surface area contributed by atoms with Crippen molar-refractivity contribution >= 4 is 35.2 Å². The molecule has 0 aliphatic heterocycles. The lowest BCUT2D eigenvalue weighted by Gasteiger charge is -2.09. The predicted octanol–water partition coefficient (Wildman–Crippen LogP) is 2.78. The lowest BCUT2D eigenvalue weighted by atomic mass is 10.1. The van der Waals surface area contributed by atoms with E-state index in [2.05, 4.69) is 21.9 Å². The van der Waals surface area contributed by atoms with Gasteiger partial charge in [0.15, 0.2) is 0 Å². The molecule has 2 rings (SSSR count). The lowest BCUT2D eigenvalue weighted by Crippen LogP contribution is -2.42. The summed E-state index contributed by atoms with van der Waals surface area (Å²) >= 11 is 6.90. The molecule has 0 fully saturated rings. The van der Waals surface area contributed by atoms with Crippen molar-refractivity contribution in [2.75, 3.05) is 5.75 Å². The summed E-state index contributed by atoms with van der Waals surface area (Å²) in [5, 5.41) is 10.2. The summed E-state index contributed by atoms with van der Waals surface area (Å²) in [7, 11) is 0. The van der Waals surface area contributed by atoms with Crippen molar-refractivity contribution < 1.29 is 9.59 Å². The van der Waals surface area contributed by atoms with E-state index in [0.29, 0.717) is 21.2 Å². The molecule has 2 amide bonds. The van der Waals surface area contributed by atoms with Gasteiger partial charge in [-0.15, -0.1) is 0 Å². The van der Waals surface area contributed by atoms with Gasteiger partial charge in [0.1, 0.15) is 11.1 Å². The van der Waals surface area contributed by atoms with Crippen LogP contribution in [-0.4, -0.2) is 22.6 Å². The van der Waals surface area contributed by atoms with Crippen LogP contribution in [0, 0.1) is 25.2 Å². The van der Waals surface area contributed by atoms with Gasteiger partial charge in [-0.05, 0) is 49.7 Å². The fourth-order valence-electron chi connectivity index (χ4n) is 2.01. The molecule has 25 heavy (non-hydrogen) atoms. The molecule has 1 aromatic carbocycles. The van der Waals surface area contributed by atoms with Crippen LogP contribution in [-0.2, 0) is 4.79 Å². The van der Waals surface area contributed by atoms with Crippen LogP contribution >= 0.6 is 23.4 Å². The Hall–Kier alpha value is -2.56. The van der Waals surface area contributed by atoms with Gasteiger partial charge in [0.25, 0.3) is 5.91 Å². The Labute approximate surface area is 154 Å². The number of pyridine rings is 1. The molecule has 0 aliphatic rings. The molecule has 0 atom stereocenters. The van der Waals surface area contributed by atoms with E-state index < -0.39 is 11.8 Å². The first-order chi connectivity index (χ1) is 11.9. The average molecular weight is 375 g/mol. The van der Waals surface area contributed by atoms with Crippen molar-refractivity contribution in [3.8, 4) is 6.07 Å². The first-order valence-electron chi connectivity index (χ1n) is 7.26. The fraction of sp³-hybridized carbons (Fsp3) is 0.176. The molecule has 0 unspecified atom stereocenters. The fourth-order valence-corrected chi connectivity index (χ4v) is 3.04. The molecule has 0 saturated heterocycles. The molecule has 1 heterocycles. The van der Waals surface area contributed by atoms with E-state index in [1.54, 1.807) is 24.3 Å². The number of benzene rings is 1. The van der Waals surface area contributed by atoms with Crippen molar-refractivity contribution in [3.05, 3.63) is 57.7 Å². The third-order valence-corrected chi connectivity index (χ3v) is 4.41. The Morgan fingerprint density at radius 3 is 2.56 bits per heavy atom. The summed E-state index contributed by atoms with van der Waals surface area (Å²) < 4.78 is 0. The number of halogens is 1. The van der Waals surface area contributed by atoms with E-state index in [1.807, 2.05) is 19.9 Å². The van der Waals surface area contributed by atoms with Gasteiger partial charge < -0.3 is 0 Å². The highest BCUT2D eigenvalue weighted by atomic mass is 35.5. The van der Waals surface area contributed by atoms with Gasteiger partial charge in [-0.2, -0.15) is 5.26 Å². The van der Waals surface area contributed by atoms with Gasteiger partial charge in [-0.25, -0.2) is 4.98 Å². The number of nitrogens with one attached hydrogen (secondary N) is 2. The molecule has 0 bridgehead atoms. The Kier molecular flexibility index (Phi) is 6.39. The first-order valence-corrected chi connectivity index (χ1v) is 8.63. The SMILES string of the molecule is Cc1cc(C)c(C#N)c(SCC(=O)NNC(=O)c2ccc(Cl)cc2)n1. The monoisotopic (exact) mass is 374 g/mol. The number of amides is 2. The molecule has 128 valence electrons. The van der Waals surface area contributed by atoms with Crippen molar-refractivity contribution in [1.82, 2.24) is 15.8 Å². The second-order valence-electron chi connectivity index (χ2n) is 5.17. The van der Waals surface area contributed by atoms with E-state index in [-0.39, 0.29) is 5.75 Å². The van der Waals surface area contributed by atoms with Crippen LogP contribution in [0.3, 0.4) is 0 Å². The molecule has 0 spiro atoms. The number of hydrogen-bond donors (Lipinski definition) is 2. The van der Waals surface area contributed by atoms with Crippen molar-refractivity contribution in [2.24, 2.45) is 0 Å². The van der Waals surface area contributed by atoms with Crippen molar-refractivity contribution in [3.63, 3.8) is 0 Å². The van der Waals surface area contributed by atoms with Crippen LogP contribution in [0.5, 0.6) is 0 Å². The molecule has 1 aromatic heterocycles. The van der Waals surface area contributed by atoms with Crippen LogP contribution in [0.1, 0.15) is 27.2 Å². The third kappa shape index (κ3) is 5.21. The number of thioether (sulfide) groups is 1. The molecular weight excluding hydrogens is 360 g/mol. The minimum atomic E-state index is -0.447. The van der Waals surface area contributed by atoms with Gasteiger partial charge in [-0.3, -0.25) is 20.4 Å². The first kappa shape index (κ1) is 18.8. The van der Waals surface area contributed by atoms with Gasteiger partial charge >= 0.3 is 0 Å². The van der Waals surface area contributed by atoms with E-state index >= 15 is 0 Å². The number of carbonyl (C=O) groups excluding carboxylic acids is 2. The maximum Gasteiger partial charge on any atom is 0.269 e. The normalized spacial score (nSPS) is 10.0. The Bertz CT molecular complexity index is 847. The Morgan fingerprint density at radius 2 is 1.92 bits per heavy atom. The molecule has 0 saturated carbocycles. The van der Waals surface area contributed by atoms with Gasteiger partial charge in [0.05, 0.1) is 11.3 Å². The summed E-state index contributed by atoms with van der Waals surface area (Å²) in [6.45, 7) is 3.65. The maximum absolute atomic E-state index is 11.9. The number of aryl methyl sites for hydroxylation is 2. The zero-order valence-corrected chi connectivity index (χ0v) is 15.2. The third-order valence-electron chi connectivity index (χ3n) is 3.19. The van der Waals surface area contributed by atoms with Crippen LogP contribution in [0.4, 0.5) is 0 Å². The highest BCUT2D eigenvalue weighted by Crippen LogP contribution is 2.23. The largest absolute Gasteiger partial charge is 0.272 e. The maximum atomic E-state index is 11.9. The summed E-state index contributed by atoms with van der Waals surface area (Å²) in [5.41, 5.74) is 7.07. The Morgan fingerprint density at radius 1 is 1.24 bits per heavy atom. The molecule has 6 nitrogen and oxygen atoms in total. The minimum absolute atomic E-state index is 0.0193. The van der Waals surface area contributed by atoms with Crippen molar-refractivity contribution in [1.29, 1.82) is 5.26 Å². The highest BCUT2D eigenvalue weighted by Gasteiger charge is 2.12. The van der Waals surface area contributed by atoms with E-state index in [0.717, 1.165) is 23.0 Å². The highest BCUT2D eigenvalue weighted by molar-refractivity contribution is 8.00. The van der Waals surface area contributed by atoms with Crippen LogP contribution in [0.25, 0.3) is 0 Å². The zero-order valence-electron chi connectivity index (χ0n) is 13.6. The average Bonchev–Trinajstić information content (AvgIpc) is 2.58. The van der Waals surface area contributed by atoms with Gasteiger partial charge in [0.2, 0.25) is 5.91 Å². The molecule has 2 N–H and O–H groups in total. The lowest BCUT2D eigenvalue weighted by molar-refractivity contribution is -0.119. The summed E-state index contributed by atoms with van der Waals surface area (Å²) in [6.07, 6.45) is 0. The van der Waals surface area contributed by atoms with Crippen molar-refractivity contribution in [2.45, 2.75) is 18.9 Å². The number of nitrogens with zero attached hydrogens (tertiary/aromatic N) is 2. The summed E-state index contributed by atoms with van der Waals surface area (Å²) in [4.78, 5) is 28.1. The number of rotatable bonds is 4. The van der Waals surface area contributed by atoms with E-state index in [9.17, 15) is 14.9 Å². The zero-order chi connectivity index (χ0) is 18.4. The number of hydrazine groups is 1.